The highest BCUT2D eigenvalue weighted by atomic mass is 79.9. The van der Waals surface area contributed by atoms with Crippen molar-refractivity contribution in [2.24, 2.45) is 5.73 Å². The molecule has 0 heterocycles. The summed E-state index contributed by atoms with van der Waals surface area (Å²) < 4.78 is 20.4. The van der Waals surface area contributed by atoms with Crippen LogP contribution in [-0.2, 0) is 0 Å². The minimum absolute atomic E-state index is 0.212. The summed E-state index contributed by atoms with van der Waals surface area (Å²) in [5.74, 6) is -0.203. The Morgan fingerprint density at radius 1 is 1.16 bits per heavy atom. The fourth-order valence-corrected chi connectivity index (χ4v) is 2.68. The summed E-state index contributed by atoms with van der Waals surface area (Å²) in [6.07, 6.45) is 0. The second kappa shape index (κ2) is 6.03. The summed E-state index contributed by atoms with van der Waals surface area (Å²) in [6.45, 7) is 0. The Labute approximate surface area is 128 Å². The molecule has 100 valence electrons. The highest BCUT2D eigenvalue weighted by Gasteiger charge is 2.15. The van der Waals surface area contributed by atoms with Gasteiger partial charge in [0.25, 0.3) is 0 Å². The summed E-state index contributed by atoms with van der Waals surface area (Å²) in [7, 11) is 1.43. The van der Waals surface area contributed by atoms with E-state index in [1.54, 1.807) is 12.1 Å². The maximum absolute atomic E-state index is 13.7. The van der Waals surface area contributed by atoms with Crippen molar-refractivity contribution in [3.63, 3.8) is 0 Å². The maximum Gasteiger partial charge on any atom is 0.165 e. The van der Waals surface area contributed by atoms with Crippen molar-refractivity contribution in [1.29, 1.82) is 0 Å². The van der Waals surface area contributed by atoms with Gasteiger partial charge in [-0.3, -0.25) is 0 Å². The number of nitrogens with two attached hydrogens (primary N) is 1. The van der Waals surface area contributed by atoms with Crippen LogP contribution in [0.4, 0.5) is 4.39 Å². The first kappa shape index (κ1) is 14.5. The third-order valence-corrected chi connectivity index (χ3v) is 4.04. The van der Waals surface area contributed by atoms with E-state index >= 15 is 0 Å². The molecule has 19 heavy (non-hydrogen) atoms. The number of halogens is 3. The molecule has 0 amide bonds. The third kappa shape index (κ3) is 3.16. The Bertz CT molecular complexity index is 604. The van der Waals surface area contributed by atoms with E-state index in [1.165, 1.54) is 13.2 Å². The first-order chi connectivity index (χ1) is 9.02. The lowest BCUT2D eigenvalue weighted by Gasteiger charge is -2.15. The highest BCUT2D eigenvalue weighted by Crippen LogP contribution is 2.31. The lowest BCUT2D eigenvalue weighted by Crippen LogP contribution is -2.13. The molecular formula is C14H12Br2FNO. The van der Waals surface area contributed by atoms with Crippen LogP contribution in [0.15, 0.2) is 45.3 Å². The number of methoxy groups -OCH3 is 1. The standard InChI is InChI=1S/C14H12Br2FNO/c1-19-13-5-2-8(6-12(13)17)14(18)10-7-9(15)3-4-11(10)16/h2-7,14H,18H2,1H3. The van der Waals surface area contributed by atoms with Gasteiger partial charge in [-0.15, -0.1) is 0 Å². The predicted octanol–water partition coefficient (Wildman–Crippen LogP) is 4.41. The average Bonchev–Trinajstić information content (AvgIpc) is 2.40. The molecule has 0 spiro atoms. The van der Waals surface area contributed by atoms with E-state index in [4.69, 9.17) is 10.5 Å². The van der Waals surface area contributed by atoms with E-state index in [-0.39, 0.29) is 5.75 Å². The molecule has 0 saturated heterocycles. The van der Waals surface area contributed by atoms with Crippen LogP contribution in [-0.4, -0.2) is 7.11 Å². The van der Waals surface area contributed by atoms with Crippen molar-refractivity contribution in [2.75, 3.05) is 7.11 Å². The summed E-state index contributed by atoms with van der Waals surface area (Å²) in [4.78, 5) is 0. The van der Waals surface area contributed by atoms with Gasteiger partial charge in [-0.1, -0.05) is 37.9 Å². The molecule has 5 heteroatoms. The fourth-order valence-electron chi connectivity index (χ4n) is 1.81. The topological polar surface area (TPSA) is 35.2 Å². The summed E-state index contributed by atoms with van der Waals surface area (Å²) >= 11 is 6.86. The van der Waals surface area contributed by atoms with E-state index in [1.807, 2.05) is 18.2 Å². The van der Waals surface area contributed by atoms with Crippen LogP contribution in [0.5, 0.6) is 5.75 Å². The van der Waals surface area contributed by atoms with Crippen molar-refractivity contribution in [1.82, 2.24) is 0 Å². The van der Waals surface area contributed by atoms with Crippen LogP contribution in [0.3, 0.4) is 0 Å². The Morgan fingerprint density at radius 2 is 1.89 bits per heavy atom. The van der Waals surface area contributed by atoms with Crippen LogP contribution < -0.4 is 10.5 Å². The lowest BCUT2D eigenvalue weighted by atomic mass is 9.99. The highest BCUT2D eigenvalue weighted by molar-refractivity contribution is 9.11. The normalized spacial score (nSPS) is 12.3. The summed E-state index contributed by atoms with van der Waals surface area (Å²) in [5, 5.41) is 0. The minimum atomic E-state index is -0.415. The smallest absolute Gasteiger partial charge is 0.165 e. The number of hydrogen-bond donors (Lipinski definition) is 1. The molecular weight excluding hydrogens is 377 g/mol. The van der Waals surface area contributed by atoms with Crippen molar-refractivity contribution >= 4 is 31.9 Å². The van der Waals surface area contributed by atoms with Gasteiger partial charge in [-0.2, -0.15) is 0 Å². The monoisotopic (exact) mass is 387 g/mol. The Balaban J connectivity index is 2.41. The van der Waals surface area contributed by atoms with E-state index in [0.717, 1.165) is 14.5 Å². The molecule has 0 aliphatic rings. The van der Waals surface area contributed by atoms with Gasteiger partial charge in [-0.05, 0) is 41.5 Å². The molecule has 1 unspecified atom stereocenters. The Hall–Kier alpha value is -0.910. The van der Waals surface area contributed by atoms with Crippen LogP contribution in [0, 0.1) is 5.82 Å². The lowest BCUT2D eigenvalue weighted by molar-refractivity contribution is 0.386. The van der Waals surface area contributed by atoms with E-state index in [2.05, 4.69) is 31.9 Å². The third-order valence-electron chi connectivity index (χ3n) is 2.83. The number of rotatable bonds is 3. The van der Waals surface area contributed by atoms with Gasteiger partial charge in [-0.25, -0.2) is 4.39 Å². The van der Waals surface area contributed by atoms with Gasteiger partial charge in [0.05, 0.1) is 13.2 Å². The molecule has 1 atom stereocenters. The zero-order chi connectivity index (χ0) is 14.0. The van der Waals surface area contributed by atoms with Gasteiger partial charge < -0.3 is 10.5 Å². The molecule has 0 aromatic heterocycles. The molecule has 2 N–H and O–H groups in total. The molecule has 2 rings (SSSR count). The van der Waals surface area contributed by atoms with E-state index in [0.29, 0.717) is 5.56 Å². The molecule has 0 radical (unpaired) electrons. The van der Waals surface area contributed by atoms with Gasteiger partial charge in [0.15, 0.2) is 11.6 Å². The zero-order valence-corrected chi connectivity index (χ0v) is 13.3. The van der Waals surface area contributed by atoms with Crippen molar-refractivity contribution in [3.8, 4) is 5.75 Å². The molecule has 2 aromatic carbocycles. The average molecular weight is 389 g/mol. The molecule has 2 aromatic rings. The van der Waals surface area contributed by atoms with Crippen molar-refractivity contribution in [2.45, 2.75) is 6.04 Å². The minimum Gasteiger partial charge on any atom is -0.494 e. The fraction of sp³-hybridized carbons (Fsp3) is 0.143. The van der Waals surface area contributed by atoms with E-state index in [9.17, 15) is 4.39 Å². The quantitative estimate of drug-likeness (QED) is 0.845. The van der Waals surface area contributed by atoms with Gasteiger partial charge >= 0.3 is 0 Å². The first-order valence-corrected chi connectivity index (χ1v) is 7.15. The second-order valence-electron chi connectivity index (χ2n) is 4.04. The van der Waals surface area contributed by atoms with E-state index < -0.39 is 11.9 Å². The van der Waals surface area contributed by atoms with Crippen LogP contribution in [0.25, 0.3) is 0 Å². The van der Waals surface area contributed by atoms with Crippen LogP contribution >= 0.6 is 31.9 Å². The largest absolute Gasteiger partial charge is 0.494 e. The Morgan fingerprint density at radius 3 is 2.53 bits per heavy atom. The second-order valence-corrected chi connectivity index (χ2v) is 5.81. The summed E-state index contributed by atoms with van der Waals surface area (Å²) in [5.41, 5.74) is 7.77. The first-order valence-electron chi connectivity index (χ1n) is 5.57. The number of hydrogen-bond acceptors (Lipinski definition) is 2. The zero-order valence-electron chi connectivity index (χ0n) is 10.2. The van der Waals surface area contributed by atoms with Crippen LogP contribution in [0.1, 0.15) is 17.2 Å². The maximum atomic E-state index is 13.7. The van der Waals surface area contributed by atoms with Gasteiger partial charge in [0.1, 0.15) is 0 Å². The van der Waals surface area contributed by atoms with Crippen molar-refractivity contribution in [3.05, 3.63) is 62.3 Å². The van der Waals surface area contributed by atoms with Crippen molar-refractivity contribution < 1.29 is 9.13 Å². The van der Waals surface area contributed by atoms with Crippen LogP contribution in [0.2, 0.25) is 0 Å². The van der Waals surface area contributed by atoms with Gasteiger partial charge in [0, 0.05) is 8.95 Å². The number of ether oxygens (including phenoxy) is 1. The molecule has 0 aliphatic carbocycles. The molecule has 0 bridgehead atoms. The summed E-state index contributed by atoms with van der Waals surface area (Å²) in [6, 6.07) is 10.1. The Kier molecular flexibility index (Phi) is 4.60. The molecule has 0 fully saturated rings. The molecule has 0 saturated carbocycles. The molecule has 2 nitrogen and oxygen atoms in total. The SMILES string of the molecule is COc1ccc(C(N)c2cc(Br)ccc2Br)cc1F. The number of benzene rings is 2. The predicted molar refractivity (Wildman–Crippen MR) is 80.8 cm³/mol. The van der Waals surface area contributed by atoms with Gasteiger partial charge in [0.2, 0.25) is 0 Å². The molecule has 0 aliphatic heterocycles.